The van der Waals surface area contributed by atoms with Crippen molar-refractivity contribution in [1.82, 2.24) is 15.3 Å². The van der Waals surface area contributed by atoms with E-state index in [-0.39, 0.29) is 11.5 Å². The van der Waals surface area contributed by atoms with Crippen LogP contribution in [0.3, 0.4) is 0 Å². The molecule has 25 heavy (non-hydrogen) atoms. The molecule has 2 aromatic rings. The molecule has 3 rings (SSSR count). The number of aromatic nitrogens is 2. The Morgan fingerprint density at radius 3 is 3.16 bits per heavy atom. The smallest absolute Gasteiger partial charge is 0.259 e. The summed E-state index contributed by atoms with van der Waals surface area (Å²) in [6.07, 6.45) is 3.15. The molecule has 0 unspecified atom stereocenters. The van der Waals surface area contributed by atoms with Crippen LogP contribution in [0.2, 0.25) is 0 Å². The van der Waals surface area contributed by atoms with Gasteiger partial charge in [0.25, 0.3) is 5.56 Å². The number of carbonyl (C=O) groups excluding carboxylic acids is 1. The minimum absolute atomic E-state index is 0.0361. The third-order valence-corrected chi connectivity index (χ3v) is 6.41. The summed E-state index contributed by atoms with van der Waals surface area (Å²) in [7, 11) is 1.60. The monoisotopic (exact) mass is 381 g/mol. The van der Waals surface area contributed by atoms with Crippen LogP contribution in [0.4, 0.5) is 0 Å². The molecule has 1 aliphatic rings. The van der Waals surface area contributed by atoms with Crippen molar-refractivity contribution < 1.29 is 9.53 Å². The van der Waals surface area contributed by atoms with Gasteiger partial charge in [-0.05, 0) is 30.7 Å². The number of aromatic amines is 1. The van der Waals surface area contributed by atoms with E-state index in [2.05, 4.69) is 22.2 Å². The number of rotatable bonds is 7. The summed E-state index contributed by atoms with van der Waals surface area (Å²) < 4.78 is 4.89. The Morgan fingerprint density at radius 1 is 1.52 bits per heavy atom. The van der Waals surface area contributed by atoms with Gasteiger partial charge >= 0.3 is 0 Å². The molecule has 0 fully saturated rings. The zero-order valence-electron chi connectivity index (χ0n) is 14.5. The number of thiophene rings is 1. The van der Waals surface area contributed by atoms with E-state index in [9.17, 15) is 9.59 Å². The Balaban J connectivity index is 1.65. The predicted molar refractivity (Wildman–Crippen MR) is 102 cm³/mol. The standard InChI is InChI=1S/C17H23N3O3S2/c1-10-3-4-11-12(7-10)25-17-15(11)16(22)19-13(20-17)8-24-9-14(21)18-5-6-23-2/h10H,3-9H2,1-2H3,(H,18,21)(H,19,20,22)/t10-/m0/s1. The summed E-state index contributed by atoms with van der Waals surface area (Å²) in [6, 6.07) is 0. The summed E-state index contributed by atoms with van der Waals surface area (Å²) >= 11 is 3.10. The van der Waals surface area contributed by atoms with E-state index in [1.807, 2.05) is 0 Å². The van der Waals surface area contributed by atoms with Crippen molar-refractivity contribution in [1.29, 1.82) is 0 Å². The number of carbonyl (C=O) groups is 1. The number of fused-ring (bicyclic) bond motifs is 3. The Morgan fingerprint density at radius 2 is 2.36 bits per heavy atom. The van der Waals surface area contributed by atoms with E-state index in [0.717, 1.165) is 29.5 Å². The van der Waals surface area contributed by atoms with E-state index in [1.54, 1.807) is 18.4 Å². The lowest BCUT2D eigenvalue weighted by Crippen LogP contribution is -2.28. The number of H-pyrrole nitrogens is 1. The number of amides is 1. The lowest BCUT2D eigenvalue weighted by atomic mass is 9.89. The number of ether oxygens (including phenoxy) is 1. The lowest BCUT2D eigenvalue weighted by Gasteiger charge is -2.17. The first-order valence-electron chi connectivity index (χ1n) is 8.45. The van der Waals surface area contributed by atoms with Crippen molar-refractivity contribution >= 4 is 39.2 Å². The Hall–Kier alpha value is -1.38. The maximum atomic E-state index is 12.5. The molecule has 136 valence electrons. The van der Waals surface area contributed by atoms with Gasteiger partial charge in [0.15, 0.2) is 0 Å². The normalized spacial score (nSPS) is 16.8. The van der Waals surface area contributed by atoms with Crippen LogP contribution in [0.1, 0.15) is 29.6 Å². The maximum Gasteiger partial charge on any atom is 0.259 e. The number of nitrogens with one attached hydrogen (secondary N) is 2. The largest absolute Gasteiger partial charge is 0.383 e. The lowest BCUT2D eigenvalue weighted by molar-refractivity contribution is -0.118. The van der Waals surface area contributed by atoms with Gasteiger partial charge in [-0.15, -0.1) is 23.1 Å². The summed E-state index contributed by atoms with van der Waals surface area (Å²) in [6.45, 7) is 3.27. The molecule has 0 aliphatic heterocycles. The molecule has 1 aliphatic carbocycles. The maximum absolute atomic E-state index is 12.5. The zero-order valence-corrected chi connectivity index (χ0v) is 16.1. The van der Waals surface area contributed by atoms with Crippen molar-refractivity contribution in [2.24, 2.45) is 5.92 Å². The van der Waals surface area contributed by atoms with Gasteiger partial charge in [-0.3, -0.25) is 9.59 Å². The predicted octanol–water partition coefficient (Wildman–Crippen LogP) is 2.11. The molecular formula is C17H23N3O3S2. The van der Waals surface area contributed by atoms with Crippen molar-refractivity contribution in [2.75, 3.05) is 26.0 Å². The molecule has 6 nitrogen and oxygen atoms in total. The number of nitrogens with zero attached hydrogens (tertiary/aromatic N) is 1. The first-order chi connectivity index (χ1) is 12.1. The van der Waals surface area contributed by atoms with Gasteiger partial charge in [0.1, 0.15) is 10.7 Å². The Labute approximate surface area is 154 Å². The fourth-order valence-electron chi connectivity index (χ4n) is 3.05. The highest BCUT2D eigenvalue weighted by molar-refractivity contribution is 7.99. The number of hydrogen-bond donors (Lipinski definition) is 2. The van der Waals surface area contributed by atoms with E-state index in [4.69, 9.17) is 4.74 Å². The summed E-state index contributed by atoms with van der Waals surface area (Å²) in [5.41, 5.74) is 1.15. The van der Waals surface area contributed by atoms with Crippen LogP contribution in [-0.4, -0.2) is 41.9 Å². The van der Waals surface area contributed by atoms with Crippen molar-refractivity contribution in [3.63, 3.8) is 0 Å². The van der Waals surface area contributed by atoms with E-state index < -0.39 is 0 Å². The second-order valence-electron chi connectivity index (χ2n) is 6.38. The van der Waals surface area contributed by atoms with E-state index in [0.29, 0.717) is 36.4 Å². The van der Waals surface area contributed by atoms with Gasteiger partial charge in [0.05, 0.1) is 23.5 Å². The highest BCUT2D eigenvalue weighted by Gasteiger charge is 2.22. The third-order valence-electron chi connectivity index (χ3n) is 4.31. The van der Waals surface area contributed by atoms with E-state index >= 15 is 0 Å². The number of thioether (sulfide) groups is 1. The average Bonchev–Trinajstić information content (AvgIpc) is 2.92. The van der Waals surface area contributed by atoms with Crippen LogP contribution in [-0.2, 0) is 28.1 Å². The van der Waals surface area contributed by atoms with Gasteiger partial charge in [-0.25, -0.2) is 4.98 Å². The van der Waals surface area contributed by atoms with Gasteiger partial charge in [0.2, 0.25) is 5.91 Å². The molecule has 0 bridgehead atoms. The molecule has 1 atom stereocenters. The number of methoxy groups -OCH3 is 1. The fraction of sp³-hybridized carbons (Fsp3) is 0.588. The molecular weight excluding hydrogens is 358 g/mol. The Kier molecular flexibility index (Phi) is 6.14. The summed E-state index contributed by atoms with van der Waals surface area (Å²) in [5, 5.41) is 3.55. The van der Waals surface area contributed by atoms with Gasteiger partial charge in [0, 0.05) is 18.5 Å². The second kappa shape index (κ2) is 8.33. The van der Waals surface area contributed by atoms with Crippen LogP contribution in [0.25, 0.3) is 10.2 Å². The van der Waals surface area contributed by atoms with Crippen LogP contribution < -0.4 is 10.9 Å². The highest BCUT2D eigenvalue weighted by Crippen LogP contribution is 2.35. The van der Waals surface area contributed by atoms with Crippen LogP contribution in [0, 0.1) is 5.92 Å². The summed E-state index contributed by atoms with van der Waals surface area (Å²) in [4.78, 5) is 33.8. The second-order valence-corrected chi connectivity index (χ2v) is 8.45. The molecule has 0 saturated carbocycles. The molecule has 0 saturated heterocycles. The average molecular weight is 382 g/mol. The van der Waals surface area contributed by atoms with Crippen molar-refractivity contribution in [3.05, 3.63) is 26.6 Å². The molecule has 0 aromatic carbocycles. The van der Waals surface area contributed by atoms with E-state index in [1.165, 1.54) is 22.2 Å². The molecule has 0 spiro atoms. The molecule has 2 aromatic heterocycles. The third kappa shape index (κ3) is 4.43. The van der Waals surface area contributed by atoms with Crippen molar-refractivity contribution in [2.45, 2.75) is 31.9 Å². The summed E-state index contributed by atoms with van der Waals surface area (Å²) in [5.74, 6) is 2.13. The number of aryl methyl sites for hydroxylation is 1. The van der Waals surface area contributed by atoms with Crippen LogP contribution in [0.5, 0.6) is 0 Å². The molecule has 0 radical (unpaired) electrons. The molecule has 1 amide bonds. The molecule has 2 N–H and O–H groups in total. The van der Waals surface area contributed by atoms with Gasteiger partial charge in [-0.2, -0.15) is 0 Å². The highest BCUT2D eigenvalue weighted by atomic mass is 32.2. The van der Waals surface area contributed by atoms with Crippen LogP contribution >= 0.6 is 23.1 Å². The zero-order chi connectivity index (χ0) is 17.8. The van der Waals surface area contributed by atoms with Crippen molar-refractivity contribution in [3.8, 4) is 0 Å². The topological polar surface area (TPSA) is 84.1 Å². The first kappa shape index (κ1) is 18.4. The Bertz CT molecular complexity index is 815. The van der Waals surface area contributed by atoms with Crippen LogP contribution in [0.15, 0.2) is 4.79 Å². The molecule has 8 heteroatoms. The SMILES string of the molecule is COCCNC(=O)CSCc1nc2sc3c(c2c(=O)[nH]1)CC[C@H](C)C3. The quantitative estimate of drug-likeness (QED) is 0.718. The fourth-order valence-corrected chi connectivity index (χ4v) is 5.17. The molecule has 2 heterocycles. The first-order valence-corrected chi connectivity index (χ1v) is 10.4. The van der Waals surface area contributed by atoms with Gasteiger partial charge < -0.3 is 15.0 Å². The minimum Gasteiger partial charge on any atom is -0.383 e. The number of hydrogen-bond acceptors (Lipinski definition) is 6. The minimum atomic E-state index is -0.0443. The van der Waals surface area contributed by atoms with Gasteiger partial charge in [-0.1, -0.05) is 6.92 Å².